The fourth-order valence-electron chi connectivity index (χ4n) is 8.24. The molecule has 0 radical (unpaired) electrons. The van der Waals surface area contributed by atoms with Crippen LogP contribution >= 0.6 is 0 Å². The smallest absolute Gasteiger partial charge is 0.303 e. The number of aromatic hydroxyl groups is 1. The Morgan fingerprint density at radius 1 is 1.02 bits per heavy atom. The number of rotatable bonds is 17. The number of phenols is 1. The van der Waals surface area contributed by atoms with E-state index in [1.165, 1.54) is 16.7 Å². The molecule has 4 rings (SSSR count). The molecule has 7 atom stereocenters. The van der Waals surface area contributed by atoms with Crippen molar-refractivity contribution in [3.8, 4) is 17.6 Å². The molecule has 1 aliphatic heterocycles. The Hall–Kier alpha value is -3.45. The van der Waals surface area contributed by atoms with Crippen molar-refractivity contribution in [3.05, 3.63) is 88.0 Å². The van der Waals surface area contributed by atoms with Crippen LogP contribution in [0.15, 0.2) is 65.8 Å². The lowest BCUT2D eigenvalue weighted by atomic mass is 9.72. The zero-order valence-corrected chi connectivity index (χ0v) is 32.1. The van der Waals surface area contributed by atoms with E-state index in [2.05, 4.69) is 49.2 Å². The van der Waals surface area contributed by atoms with Gasteiger partial charge in [0.1, 0.15) is 5.75 Å². The molecule has 2 aliphatic rings. The van der Waals surface area contributed by atoms with Gasteiger partial charge >= 0.3 is 5.97 Å². The van der Waals surface area contributed by atoms with Gasteiger partial charge in [-0.2, -0.15) is 0 Å². The van der Waals surface area contributed by atoms with Crippen LogP contribution in [0.3, 0.4) is 0 Å². The van der Waals surface area contributed by atoms with Crippen molar-refractivity contribution < 1.29 is 35.4 Å². The molecule has 0 saturated carbocycles. The minimum absolute atomic E-state index is 0.00483. The second-order valence-corrected chi connectivity index (χ2v) is 15.4. The number of benzene rings is 2. The minimum Gasteiger partial charge on any atom is -0.508 e. The highest BCUT2D eigenvalue weighted by molar-refractivity contribution is 5.66. The molecule has 0 saturated heterocycles. The van der Waals surface area contributed by atoms with Gasteiger partial charge in [0.05, 0.1) is 30.3 Å². The number of aliphatic hydroxyl groups is 4. The van der Waals surface area contributed by atoms with Crippen LogP contribution in [-0.2, 0) is 17.6 Å². The van der Waals surface area contributed by atoms with Gasteiger partial charge in [-0.05, 0) is 110 Å². The second-order valence-electron chi connectivity index (χ2n) is 15.4. The summed E-state index contributed by atoms with van der Waals surface area (Å²) in [6.07, 6.45) is 12.2. The van der Waals surface area contributed by atoms with E-state index in [0.717, 1.165) is 68.1 Å². The molecule has 2 bridgehead atoms. The summed E-state index contributed by atoms with van der Waals surface area (Å²) >= 11 is 0. The van der Waals surface area contributed by atoms with Crippen molar-refractivity contribution in [2.45, 2.75) is 146 Å². The Kier molecular flexibility index (Phi) is 16.6. The van der Waals surface area contributed by atoms with E-state index in [-0.39, 0.29) is 43.0 Å². The normalized spacial score (nSPS) is 26.0. The van der Waals surface area contributed by atoms with Gasteiger partial charge in [-0.25, -0.2) is 0 Å². The van der Waals surface area contributed by atoms with Gasteiger partial charge in [-0.1, -0.05) is 100 Å². The predicted molar refractivity (Wildman–Crippen MR) is 211 cm³/mol. The number of aryl methyl sites for hydroxylation is 2. The van der Waals surface area contributed by atoms with Crippen molar-refractivity contribution in [1.82, 2.24) is 5.32 Å². The maximum Gasteiger partial charge on any atom is 0.303 e. The van der Waals surface area contributed by atoms with Crippen LogP contribution in [0.5, 0.6) is 5.75 Å². The van der Waals surface area contributed by atoms with E-state index in [1.807, 2.05) is 24.3 Å². The monoisotopic (exact) mass is 729 g/mol. The summed E-state index contributed by atoms with van der Waals surface area (Å²) in [6, 6.07) is 13.0. The molecular formula is C45H63NO7. The number of hydrogen-bond acceptors (Lipinski definition) is 7. The quantitative estimate of drug-likeness (QED) is 0.0675. The Labute approximate surface area is 317 Å². The van der Waals surface area contributed by atoms with Crippen molar-refractivity contribution in [2.75, 3.05) is 13.2 Å². The van der Waals surface area contributed by atoms with Gasteiger partial charge < -0.3 is 36.0 Å². The number of β-amino-alcohol motifs (C(OH)–C–C–N with tert-alkyl or cyclic N) is 1. The van der Waals surface area contributed by atoms with Gasteiger partial charge in [0.25, 0.3) is 0 Å². The number of aliphatic hydroxyl groups excluding tert-OH is 3. The molecule has 8 nitrogen and oxygen atoms in total. The zero-order chi connectivity index (χ0) is 38.4. The number of phenolic OH excluding ortho intramolecular Hbond substituents is 1. The summed E-state index contributed by atoms with van der Waals surface area (Å²) in [5.74, 6) is 5.83. The number of nitrogens with one attached hydrogen (secondary N) is 1. The van der Waals surface area contributed by atoms with Crippen molar-refractivity contribution >= 4 is 5.97 Å². The Morgan fingerprint density at radius 2 is 1.79 bits per heavy atom. The lowest BCUT2D eigenvalue weighted by Crippen LogP contribution is -2.50. The summed E-state index contributed by atoms with van der Waals surface area (Å²) in [5, 5.41) is 67.7. The van der Waals surface area contributed by atoms with E-state index in [9.17, 15) is 35.4 Å². The van der Waals surface area contributed by atoms with Gasteiger partial charge in [0.2, 0.25) is 0 Å². The first-order valence-corrected chi connectivity index (χ1v) is 19.9. The van der Waals surface area contributed by atoms with Crippen molar-refractivity contribution in [2.24, 2.45) is 5.92 Å². The number of unbranched alkanes of at least 4 members (excludes halogenated alkanes) is 4. The zero-order valence-electron chi connectivity index (χ0n) is 32.1. The van der Waals surface area contributed by atoms with Crippen LogP contribution in [0, 0.1) is 17.8 Å². The first kappa shape index (κ1) is 42.3. The van der Waals surface area contributed by atoms with Crippen molar-refractivity contribution in [1.29, 1.82) is 0 Å². The Balaban J connectivity index is 1.96. The molecule has 0 aromatic heterocycles. The minimum atomic E-state index is -1.33. The van der Waals surface area contributed by atoms with E-state index in [4.69, 9.17) is 0 Å². The van der Waals surface area contributed by atoms with Crippen LogP contribution in [0.4, 0.5) is 0 Å². The number of aliphatic carboxylic acids is 1. The first-order chi connectivity index (χ1) is 25.5. The van der Waals surface area contributed by atoms with Crippen LogP contribution in [0.1, 0.15) is 132 Å². The number of allylic oxidation sites excluding steroid dienone is 2. The summed E-state index contributed by atoms with van der Waals surface area (Å²) in [7, 11) is 0. The summed E-state index contributed by atoms with van der Waals surface area (Å²) in [5.41, 5.74) is 5.10. The summed E-state index contributed by atoms with van der Waals surface area (Å²) in [6.45, 7) is 5.88. The van der Waals surface area contributed by atoms with E-state index in [0.29, 0.717) is 25.7 Å². The van der Waals surface area contributed by atoms with Gasteiger partial charge in [0, 0.05) is 24.9 Å². The standard InChI is InChI=1S/C45H63NO7/c1-4-6-8-15-37(48)23-19-32-17-18-34-14-11-13-31(5-2)43(34)35-22-26-41(33-20-24-38(49)25-21-33)45(3,53)30-46-44(40(32)28-39(50)29-47)36(27-35)12-9-7-10-16-42(51)52/h11,13-14,19-21,23-25,35-37,39,41,44,46-50,53H,4-10,12,15-18,27-30H2,1-3H3,(H,51,52)/b23-19+,40-32+/t35-,36+,37+,39+,41+,44+,45-/m1/s1. The average molecular weight is 730 g/mol. The molecule has 53 heavy (non-hydrogen) atoms. The third-order valence-corrected chi connectivity index (χ3v) is 11.2. The molecule has 290 valence electrons. The van der Waals surface area contributed by atoms with Crippen LogP contribution in [0.25, 0.3) is 0 Å². The highest BCUT2D eigenvalue weighted by atomic mass is 16.4. The predicted octanol–water partition coefficient (Wildman–Crippen LogP) is 7.07. The maximum atomic E-state index is 12.3. The summed E-state index contributed by atoms with van der Waals surface area (Å²) in [4.78, 5) is 11.3. The second kappa shape index (κ2) is 20.9. The molecule has 0 fully saturated rings. The van der Waals surface area contributed by atoms with Crippen molar-refractivity contribution in [3.63, 3.8) is 0 Å². The van der Waals surface area contributed by atoms with Crippen LogP contribution in [-0.4, -0.2) is 73.6 Å². The van der Waals surface area contributed by atoms with Gasteiger partial charge in [-0.3, -0.25) is 4.79 Å². The fourth-order valence-corrected chi connectivity index (χ4v) is 8.24. The number of carbonyl (C=O) groups is 1. The molecule has 2 aromatic rings. The van der Waals surface area contributed by atoms with Gasteiger partial charge in [-0.15, -0.1) is 0 Å². The molecule has 0 unspecified atom stereocenters. The fraction of sp³-hybridized carbons (Fsp3) is 0.578. The molecule has 7 N–H and O–H groups in total. The van der Waals surface area contributed by atoms with Gasteiger partial charge in [0.15, 0.2) is 0 Å². The maximum absolute atomic E-state index is 12.3. The highest BCUT2D eigenvalue weighted by Crippen LogP contribution is 2.41. The molecular weight excluding hydrogens is 666 g/mol. The molecule has 0 amide bonds. The van der Waals surface area contributed by atoms with E-state index < -0.39 is 36.3 Å². The van der Waals surface area contributed by atoms with E-state index in [1.54, 1.807) is 19.1 Å². The SMILES string of the molecule is CCCCC[C@H](O)/C=C/C1=C(\C[C@H](O)CO)[C@H]2NC[C@@](C)(O)[C@H](c3ccc(O)cc3)C#C[C@H](C[C@@H]2CCCCCC(=O)O)c2c(CC)cccc2CC1. The highest BCUT2D eigenvalue weighted by Gasteiger charge is 2.38. The number of fused-ring (bicyclic) bond motifs is 5. The third kappa shape index (κ3) is 12.3. The average Bonchev–Trinajstić information content (AvgIpc) is 3.13. The lowest BCUT2D eigenvalue weighted by Gasteiger charge is -2.40. The molecule has 1 aliphatic carbocycles. The molecule has 0 spiro atoms. The van der Waals surface area contributed by atoms with Crippen LogP contribution in [0.2, 0.25) is 0 Å². The van der Waals surface area contributed by atoms with Crippen LogP contribution < -0.4 is 5.32 Å². The Morgan fingerprint density at radius 3 is 2.49 bits per heavy atom. The topological polar surface area (TPSA) is 150 Å². The number of hydrogen-bond donors (Lipinski definition) is 7. The number of carboxylic acids is 1. The first-order valence-electron chi connectivity index (χ1n) is 19.9. The lowest BCUT2D eigenvalue weighted by molar-refractivity contribution is -0.137. The molecule has 8 heteroatoms. The van der Waals surface area contributed by atoms with E-state index >= 15 is 0 Å². The summed E-state index contributed by atoms with van der Waals surface area (Å²) < 4.78 is 0. The third-order valence-electron chi connectivity index (χ3n) is 11.2. The number of carboxylic acid groups (broad SMARTS) is 1. The molecule has 2 aromatic carbocycles. The largest absolute Gasteiger partial charge is 0.508 e. The Bertz CT molecular complexity index is 1580. The molecule has 1 heterocycles.